The molecule has 2 heterocycles. The van der Waals surface area contributed by atoms with E-state index in [0.717, 1.165) is 16.6 Å². The number of halogens is 1. The average molecular weight is 271 g/mol. The molecule has 0 amide bonds. The van der Waals surface area contributed by atoms with Gasteiger partial charge >= 0.3 is 0 Å². The van der Waals surface area contributed by atoms with E-state index in [-0.39, 0.29) is 0 Å². The molecule has 0 aliphatic carbocycles. The lowest BCUT2D eigenvalue weighted by atomic mass is 10.1. The van der Waals surface area contributed by atoms with Crippen LogP contribution in [0.15, 0.2) is 30.6 Å². The van der Waals surface area contributed by atoms with Crippen molar-refractivity contribution in [3.63, 3.8) is 0 Å². The van der Waals surface area contributed by atoms with Crippen LogP contribution in [0.4, 0.5) is 15.8 Å². The van der Waals surface area contributed by atoms with Crippen LogP contribution in [0.5, 0.6) is 0 Å². The summed E-state index contributed by atoms with van der Waals surface area (Å²) >= 11 is 0. The van der Waals surface area contributed by atoms with Gasteiger partial charge in [-0.25, -0.2) is 4.39 Å². The van der Waals surface area contributed by atoms with Crippen LogP contribution < -0.4 is 11.1 Å². The molecular formula is C14H14FN5. The average Bonchev–Trinajstić information content (AvgIpc) is 2.84. The van der Waals surface area contributed by atoms with Crippen molar-refractivity contribution in [1.82, 2.24) is 15.2 Å². The van der Waals surface area contributed by atoms with E-state index >= 15 is 0 Å². The summed E-state index contributed by atoms with van der Waals surface area (Å²) in [6.07, 6.45) is 3.34. The number of hydrogen-bond donors (Lipinski definition) is 3. The number of fused-ring (bicyclic) bond motifs is 1. The second kappa shape index (κ2) is 4.80. The minimum Gasteiger partial charge on any atom is -0.398 e. The zero-order valence-corrected chi connectivity index (χ0v) is 10.9. The first kappa shape index (κ1) is 12.4. The maximum atomic E-state index is 14.1. The SMILES string of the molecule is Cc1[nH]ncc1CNc1c(F)cc(N)c2cccnc12. The Kier molecular flexibility index (Phi) is 2.98. The van der Waals surface area contributed by atoms with Gasteiger partial charge < -0.3 is 11.1 Å². The number of nitrogens with two attached hydrogens (primary N) is 1. The highest BCUT2D eigenvalue weighted by Crippen LogP contribution is 2.29. The Balaban J connectivity index is 2.01. The lowest BCUT2D eigenvalue weighted by molar-refractivity contribution is 0.632. The molecule has 0 saturated carbocycles. The van der Waals surface area contributed by atoms with E-state index in [1.807, 2.05) is 13.0 Å². The molecule has 3 rings (SSSR count). The predicted molar refractivity (Wildman–Crippen MR) is 76.8 cm³/mol. The fraction of sp³-hybridized carbons (Fsp3) is 0.143. The van der Waals surface area contributed by atoms with Crippen molar-refractivity contribution in [2.24, 2.45) is 0 Å². The van der Waals surface area contributed by atoms with Crippen LogP contribution in [0.25, 0.3) is 10.9 Å². The molecule has 0 fully saturated rings. The molecular weight excluding hydrogens is 257 g/mol. The standard InChI is InChI=1S/C14H14FN5/c1-8-9(7-19-20-8)6-18-14-11(15)5-12(16)10-3-2-4-17-13(10)14/h2-5,7,18H,6,16H2,1H3,(H,19,20). The lowest BCUT2D eigenvalue weighted by Crippen LogP contribution is -2.04. The number of anilines is 2. The smallest absolute Gasteiger partial charge is 0.150 e. The number of nitrogens with one attached hydrogen (secondary N) is 2. The maximum Gasteiger partial charge on any atom is 0.150 e. The third-order valence-corrected chi connectivity index (χ3v) is 3.27. The van der Waals surface area contributed by atoms with Gasteiger partial charge in [-0.2, -0.15) is 5.10 Å². The van der Waals surface area contributed by atoms with Gasteiger partial charge in [0.1, 0.15) is 0 Å². The Morgan fingerprint density at radius 2 is 2.30 bits per heavy atom. The van der Waals surface area contributed by atoms with Crippen LogP contribution in [-0.2, 0) is 6.54 Å². The molecule has 0 aliphatic rings. The fourth-order valence-electron chi connectivity index (χ4n) is 2.14. The van der Waals surface area contributed by atoms with Crippen molar-refractivity contribution < 1.29 is 4.39 Å². The Bertz CT molecular complexity index is 765. The number of rotatable bonds is 3. The highest BCUT2D eigenvalue weighted by atomic mass is 19.1. The van der Waals surface area contributed by atoms with Crippen LogP contribution in [0.3, 0.4) is 0 Å². The molecule has 20 heavy (non-hydrogen) atoms. The van der Waals surface area contributed by atoms with E-state index in [1.54, 1.807) is 18.5 Å². The second-order valence-corrected chi connectivity index (χ2v) is 4.60. The van der Waals surface area contributed by atoms with E-state index in [1.165, 1.54) is 6.07 Å². The van der Waals surface area contributed by atoms with Gasteiger partial charge in [-0.3, -0.25) is 10.1 Å². The van der Waals surface area contributed by atoms with Crippen molar-refractivity contribution in [2.45, 2.75) is 13.5 Å². The normalized spacial score (nSPS) is 10.9. The number of benzene rings is 1. The van der Waals surface area contributed by atoms with Gasteiger partial charge in [0.05, 0.1) is 17.4 Å². The van der Waals surface area contributed by atoms with E-state index in [2.05, 4.69) is 20.5 Å². The summed E-state index contributed by atoms with van der Waals surface area (Å²) in [5.41, 5.74) is 9.02. The fourth-order valence-corrected chi connectivity index (χ4v) is 2.14. The minimum absolute atomic E-state index is 0.357. The van der Waals surface area contributed by atoms with Gasteiger partial charge in [0.2, 0.25) is 0 Å². The van der Waals surface area contributed by atoms with Gasteiger partial charge in [0, 0.05) is 35.1 Å². The van der Waals surface area contributed by atoms with Gasteiger partial charge in [-0.15, -0.1) is 0 Å². The van der Waals surface area contributed by atoms with Crippen molar-refractivity contribution >= 4 is 22.3 Å². The van der Waals surface area contributed by atoms with Crippen LogP contribution in [-0.4, -0.2) is 15.2 Å². The molecule has 102 valence electrons. The minimum atomic E-state index is -0.408. The molecule has 0 spiro atoms. The number of pyridine rings is 1. The van der Waals surface area contributed by atoms with Crippen molar-refractivity contribution in [2.75, 3.05) is 11.1 Å². The van der Waals surface area contributed by atoms with Gasteiger partial charge in [-0.05, 0) is 25.1 Å². The molecule has 0 saturated heterocycles. The molecule has 0 unspecified atom stereocenters. The van der Waals surface area contributed by atoms with E-state index in [9.17, 15) is 4.39 Å². The third-order valence-electron chi connectivity index (χ3n) is 3.27. The largest absolute Gasteiger partial charge is 0.398 e. The predicted octanol–water partition coefficient (Wildman–Crippen LogP) is 2.60. The Hall–Kier alpha value is -2.63. The number of aromatic nitrogens is 3. The first-order chi connectivity index (χ1) is 9.66. The second-order valence-electron chi connectivity index (χ2n) is 4.60. The number of hydrogen-bond acceptors (Lipinski definition) is 4. The summed E-state index contributed by atoms with van der Waals surface area (Å²) < 4.78 is 14.1. The van der Waals surface area contributed by atoms with E-state index in [0.29, 0.717) is 23.4 Å². The molecule has 4 N–H and O–H groups in total. The number of nitrogen functional groups attached to an aromatic ring is 1. The van der Waals surface area contributed by atoms with Gasteiger partial charge in [0.25, 0.3) is 0 Å². The van der Waals surface area contributed by atoms with Crippen LogP contribution >= 0.6 is 0 Å². The Morgan fingerprint density at radius 3 is 3.05 bits per heavy atom. The molecule has 5 nitrogen and oxygen atoms in total. The summed E-state index contributed by atoms with van der Waals surface area (Å²) in [6, 6.07) is 4.92. The quantitative estimate of drug-likeness (QED) is 0.640. The Labute approximate surface area is 115 Å². The summed E-state index contributed by atoms with van der Waals surface area (Å²) in [4.78, 5) is 4.22. The topological polar surface area (TPSA) is 79.6 Å². The highest BCUT2D eigenvalue weighted by Gasteiger charge is 2.12. The first-order valence-corrected chi connectivity index (χ1v) is 6.22. The maximum absolute atomic E-state index is 14.1. The number of H-pyrrole nitrogens is 1. The summed E-state index contributed by atoms with van der Waals surface area (Å²) in [6.45, 7) is 2.38. The summed E-state index contributed by atoms with van der Waals surface area (Å²) in [7, 11) is 0. The van der Waals surface area contributed by atoms with Crippen LogP contribution in [0.1, 0.15) is 11.3 Å². The van der Waals surface area contributed by atoms with Crippen molar-refractivity contribution in [3.8, 4) is 0 Å². The van der Waals surface area contributed by atoms with Crippen LogP contribution in [0.2, 0.25) is 0 Å². The van der Waals surface area contributed by atoms with Crippen molar-refractivity contribution in [1.29, 1.82) is 0 Å². The summed E-state index contributed by atoms with van der Waals surface area (Å²) in [5.74, 6) is -0.408. The van der Waals surface area contributed by atoms with Crippen LogP contribution in [0, 0.1) is 12.7 Å². The molecule has 0 atom stereocenters. The first-order valence-electron chi connectivity index (χ1n) is 6.22. The number of aryl methyl sites for hydroxylation is 1. The van der Waals surface area contributed by atoms with Crippen molar-refractivity contribution in [3.05, 3.63) is 47.7 Å². The molecule has 6 heteroatoms. The van der Waals surface area contributed by atoms with Gasteiger partial charge in [0.15, 0.2) is 5.82 Å². The molecule has 2 aromatic heterocycles. The molecule has 3 aromatic rings. The Morgan fingerprint density at radius 1 is 1.45 bits per heavy atom. The zero-order valence-electron chi connectivity index (χ0n) is 10.9. The zero-order chi connectivity index (χ0) is 14.1. The molecule has 0 aliphatic heterocycles. The van der Waals surface area contributed by atoms with E-state index < -0.39 is 5.82 Å². The third kappa shape index (κ3) is 2.05. The summed E-state index contributed by atoms with van der Waals surface area (Å²) in [5, 5.41) is 10.6. The molecule has 0 radical (unpaired) electrons. The lowest BCUT2D eigenvalue weighted by Gasteiger charge is -2.11. The number of nitrogens with zero attached hydrogens (tertiary/aromatic N) is 2. The molecule has 0 bridgehead atoms. The molecule has 1 aromatic carbocycles. The van der Waals surface area contributed by atoms with Gasteiger partial charge in [-0.1, -0.05) is 0 Å². The highest BCUT2D eigenvalue weighted by molar-refractivity contribution is 5.98. The number of aromatic amines is 1. The monoisotopic (exact) mass is 271 g/mol. The van der Waals surface area contributed by atoms with E-state index in [4.69, 9.17) is 5.73 Å².